The number of carbonyl (C=O) groups is 4. The van der Waals surface area contributed by atoms with E-state index in [0.717, 1.165) is 86.1 Å². The summed E-state index contributed by atoms with van der Waals surface area (Å²) in [6, 6.07) is 19.5. The summed E-state index contributed by atoms with van der Waals surface area (Å²) in [7, 11) is 0. The first-order chi connectivity index (χ1) is 25.7. The van der Waals surface area contributed by atoms with E-state index in [1.54, 1.807) is 37.3 Å². The Morgan fingerprint density at radius 2 is 0.925 bits per heavy atom. The maximum Gasteiger partial charge on any atom is 0.336 e. The molecule has 0 fully saturated rings. The molecule has 0 heterocycles. The monoisotopic (exact) mass is 724 g/mol. The number of esters is 4. The number of aryl methyl sites for hydroxylation is 1. The summed E-state index contributed by atoms with van der Waals surface area (Å²) in [4.78, 5) is 46.9. The zero-order valence-electron chi connectivity index (χ0n) is 30.3. The third kappa shape index (κ3) is 17.7. The first kappa shape index (κ1) is 41.5. The zero-order valence-corrected chi connectivity index (χ0v) is 30.3. The first-order valence-electron chi connectivity index (χ1n) is 17.7. The molecule has 3 aromatic rings. The van der Waals surface area contributed by atoms with E-state index in [1.165, 1.54) is 12.2 Å². The lowest BCUT2D eigenvalue weighted by molar-refractivity contribution is -0.138. The fourth-order valence-corrected chi connectivity index (χ4v) is 4.73. The summed E-state index contributed by atoms with van der Waals surface area (Å²) in [6.45, 7) is 10.4. The van der Waals surface area contributed by atoms with Crippen LogP contribution >= 0.6 is 0 Å². The van der Waals surface area contributed by atoms with Crippen LogP contribution in [0.3, 0.4) is 0 Å². The van der Waals surface area contributed by atoms with Crippen molar-refractivity contribution in [1.29, 1.82) is 0 Å². The standard InChI is InChI=1S/C43H48O10/c1-4-40(44)50-30-12-8-6-10-28-48-36-20-14-34(15-21-36)18-26-42(46)52-38-24-25-39(33(3)32-38)53-43(47)27-19-35-16-22-37(23-17-35)49-29-11-7-9-13-31-51-41(45)5-2/h4-5,14-27,32H,1-2,6-13,28-31H2,3H3. The van der Waals surface area contributed by atoms with E-state index in [-0.39, 0.29) is 0 Å². The Balaban J connectivity index is 1.32. The molecule has 0 spiro atoms. The highest BCUT2D eigenvalue weighted by atomic mass is 16.5. The highest BCUT2D eigenvalue weighted by Gasteiger charge is 2.08. The Labute approximate surface area is 311 Å². The van der Waals surface area contributed by atoms with Crippen molar-refractivity contribution < 1.29 is 47.6 Å². The second-order valence-electron chi connectivity index (χ2n) is 11.8. The van der Waals surface area contributed by atoms with Crippen molar-refractivity contribution in [2.45, 2.75) is 58.3 Å². The van der Waals surface area contributed by atoms with Crippen molar-refractivity contribution in [1.82, 2.24) is 0 Å². The molecule has 10 nitrogen and oxygen atoms in total. The normalized spacial score (nSPS) is 10.8. The fourth-order valence-electron chi connectivity index (χ4n) is 4.73. The molecule has 10 heteroatoms. The quantitative estimate of drug-likeness (QED) is 0.0384. The molecule has 0 bridgehead atoms. The average molecular weight is 725 g/mol. The Kier molecular flexibility index (Phi) is 19.0. The second-order valence-corrected chi connectivity index (χ2v) is 11.8. The highest BCUT2D eigenvalue weighted by Crippen LogP contribution is 2.24. The Morgan fingerprint density at radius 3 is 1.36 bits per heavy atom. The number of carbonyl (C=O) groups excluding carboxylic acids is 4. The number of ether oxygens (including phenoxy) is 6. The third-order valence-corrected chi connectivity index (χ3v) is 7.60. The predicted octanol–water partition coefficient (Wildman–Crippen LogP) is 8.57. The molecule has 0 amide bonds. The third-order valence-electron chi connectivity index (χ3n) is 7.60. The van der Waals surface area contributed by atoms with Crippen LogP contribution < -0.4 is 18.9 Å². The van der Waals surface area contributed by atoms with Crippen LogP contribution in [0.1, 0.15) is 68.1 Å². The molecule has 0 N–H and O–H groups in total. The van der Waals surface area contributed by atoms with Gasteiger partial charge in [-0.1, -0.05) is 37.4 Å². The van der Waals surface area contributed by atoms with Gasteiger partial charge in [0.1, 0.15) is 23.0 Å². The maximum absolute atomic E-state index is 12.5. The molecule has 0 aliphatic carbocycles. The van der Waals surface area contributed by atoms with Crippen LogP contribution in [0.15, 0.2) is 104 Å². The number of hydrogen-bond donors (Lipinski definition) is 0. The van der Waals surface area contributed by atoms with Gasteiger partial charge in [-0.3, -0.25) is 0 Å². The number of hydrogen-bond acceptors (Lipinski definition) is 10. The molecule has 53 heavy (non-hydrogen) atoms. The van der Waals surface area contributed by atoms with Crippen molar-refractivity contribution in [3.63, 3.8) is 0 Å². The molecular weight excluding hydrogens is 676 g/mol. The van der Waals surface area contributed by atoms with E-state index in [4.69, 9.17) is 28.4 Å². The zero-order chi connectivity index (χ0) is 38.1. The smallest absolute Gasteiger partial charge is 0.336 e. The molecule has 0 aliphatic heterocycles. The van der Waals surface area contributed by atoms with Gasteiger partial charge in [0, 0.05) is 24.3 Å². The van der Waals surface area contributed by atoms with Gasteiger partial charge >= 0.3 is 23.9 Å². The topological polar surface area (TPSA) is 124 Å². The van der Waals surface area contributed by atoms with E-state index in [1.807, 2.05) is 48.5 Å². The molecule has 0 atom stereocenters. The Bertz CT molecular complexity index is 1690. The van der Waals surface area contributed by atoms with Crippen LogP contribution in [0.5, 0.6) is 23.0 Å². The second kappa shape index (κ2) is 24.3. The lowest BCUT2D eigenvalue weighted by Gasteiger charge is -2.08. The van der Waals surface area contributed by atoms with E-state index in [9.17, 15) is 19.2 Å². The molecule has 0 unspecified atom stereocenters. The Hall–Kier alpha value is -5.90. The minimum Gasteiger partial charge on any atom is -0.494 e. The lowest BCUT2D eigenvalue weighted by Crippen LogP contribution is -2.06. The largest absolute Gasteiger partial charge is 0.494 e. The summed E-state index contributed by atoms with van der Waals surface area (Å²) >= 11 is 0. The summed E-state index contributed by atoms with van der Waals surface area (Å²) in [5.74, 6) is 0.258. The van der Waals surface area contributed by atoms with Gasteiger partial charge in [-0.05, 0) is 130 Å². The Morgan fingerprint density at radius 1 is 0.509 bits per heavy atom. The van der Waals surface area contributed by atoms with Crippen molar-refractivity contribution in [2.75, 3.05) is 26.4 Å². The van der Waals surface area contributed by atoms with Gasteiger partial charge in [-0.25, -0.2) is 19.2 Å². The number of benzene rings is 3. The van der Waals surface area contributed by atoms with Crippen molar-refractivity contribution in [2.24, 2.45) is 0 Å². The van der Waals surface area contributed by atoms with Crippen LogP contribution in [-0.2, 0) is 28.7 Å². The number of rotatable bonds is 24. The average Bonchev–Trinajstić information content (AvgIpc) is 3.17. The molecule has 0 saturated carbocycles. The maximum atomic E-state index is 12.5. The predicted molar refractivity (Wildman–Crippen MR) is 204 cm³/mol. The molecule has 280 valence electrons. The summed E-state index contributed by atoms with van der Waals surface area (Å²) < 4.78 is 32.4. The first-order valence-corrected chi connectivity index (χ1v) is 17.7. The van der Waals surface area contributed by atoms with Gasteiger partial charge in [0.15, 0.2) is 0 Å². The van der Waals surface area contributed by atoms with Crippen LogP contribution in [0.4, 0.5) is 0 Å². The van der Waals surface area contributed by atoms with Crippen LogP contribution in [0.25, 0.3) is 12.2 Å². The SMILES string of the molecule is C=CC(=O)OCCCCCCOc1ccc(C=CC(=O)Oc2ccc(OC(=O)C=Cc3ccc(OCCCCCCOC(=O)C=C)cc3)c(C)c2)cc1. The highest BCUT2D eigenvalue weighted by molar-refractivity contribution is 5.90. The fraction of sp³-hybridized carbons (Fsp3) is 0.302. The van der Waals surface area contributed by atoms with Gasteiger partial charge in [0.05, 0.1) is 26.4 Å². The van der Waals surface area contributed by atoms with Crippen LogP contribution in [0.2, 0.25) is 0 Å². The van der Waals surface area contributed by atoms with Crippen molar-refractivity contribution in [3.8, 4) is 23.0 Å². The molecular formula is C43H48O10. The van der Waals surface area contributed by atoms with Gasteiger partial charge < -0.3 is 28.4 Å². The van der Waals surface area contributed by atoms with Gasteiger partial charge in [0.2, 0.25) is 0 Å². The summed E-state index contributed by atoms with van der Waals surface area (Å²) in [5, 5.41) is 0. The van der Waals surface area contributed by atoms with Crippen LogP contribution in [-0.4, -0.2) is 50.3 Å². The molecule has 0 radical (unpaired) electrons. The van der Waals surface area contributed by atoms with Crippen molar-refractivity contribution >= 4 is 36.0 Å². The minimum absolute atomic E-state index is 0.322. The van der Waals surface area contributed by atoms with E-state index >= 15 is 0 Å². The summed E-state index contributed by atoms with van der Waals surface area (Å²) in [6.07, 6.45) is 15.5. The molecule has 0 aromatic heterocycles. The molecule has 0 aliphatic rings. The molecule has 3 aromatic carbocycles. The minimum atomic E-state index is -0.547. The van der Waals surface area contributed by atoms with E-state index < -0.39 is 23.9 Å². The number of unbranched alkanes of at least 4 members (excludes halogenated alkanes) is 6. The van der Waals surface area contributed by atoms with E-state index in [2.05, 4.69) is 13.2 Å². The lowest BCUT2D eigenvalue weighted by atomic mass is 10.2. The van der Waals surface area contributed by atoms with Crippen molar-refractivity contribution in [3.05, 3.63) is 121 Å². The van der Waals surface area contributed by atoms with Crippen LogP contribution in [0, 0.1) is 6.92 Å². The van der Waals surface area contributed by atoms with E-state index in [0.29, 0.717) is 43.5 Å². The molecule has 0 saturated heterocycles. The van der Waals surface area contributed by atoms with Gasteiger partial charge in [-0.2, -0.15) is 0 Å². The molecule has 3 rings (SSSR count). The summed E-state index contributed by atoms with van der Waals surface area (Å²) in [5.41, 5.74) is 2.25. The van der Waals surface area contributed by atoms with Gasteiger partial charge in [0.25, 0.3) is 0 Å². The van der Waals surface area contributed by atoms with Gasteiger partial charge in [-0.15, -0.1) is 0 Å².